The van der Waals surface area contributed by atoms with Crippen molar-refractivity contribution in [2.75, 3.05) is 13.1 Å². The summed E-state index contributed by atoms with van der Waals surface area (Å²) < 4.78 is 14.3. The molecule has 2 unspecified atom stereocenters. The van der Waals surface area contributed by atoms with Crippen LogP contribution in [-0.2, 0) is 17.0 Å². The number of β-amino-alcohol motifs (C(OH)–C–C–N with tert-alkyl or cyclic N) is 1. The number of rotatable bonds is 8. The van der Waals surface area contributed by atoms with E-state index >= 15 is 0 Å². The molecule has 3 aliphatic rings. The highest BCUT2D eigenvalue weighted by Gasteiger charge is 2.47. The molecule has 2 N–H and O–H groups in total. The van der Waals surface area contributed by atoms with Gasteiger partial charge in [0.1, 0.15) is 29.4 Å². The van der Waals surface area contributed by atoms with Crippen LogP contribution in [0.5, 0.6) is 5.75 Å². The zero-order chi connectivity index (χ0) is 26.4. The molecule has 10 heteroatoms. The number of nitrogens with zero attached hydrogens (tertiary/aromatic N) is 2. The molecule has 0 spiro atoms. The van der Waals surface area contributed by atoms with Gasteiger partial charge in [-0.3, -0.25) is 9.69 Å². The Morgan fingerprint density at radius 3 is 2.50 bits per heavy atom. The molecule has 38 heavy (non-hydrogen) atoms. The Morgan fingerprint density at radius 1 is 1.13 bits per heavy atom. The normalized spacial score (nSPS) is 22.7. The van der Waals surface area contributed by atoms with Crippen molar-refractivity contribution in [3.05, 3.63) is 69.4 Å². The second kappa shape index (κ2) is 10.4. The Balaban J connectivity index is 1.11. The van der Waals surface area contributed by atoms with Gasteiger partial charge in [-0.1, -0.05) is 59.4 Å². The van der Waals surface area contributed by atoms with Gasteiger partial charge in [-0.15, -0.1) is 0 Å². The average Bonchev–Trinajstić information content (AvgIpc) is 3.47. The molecular formula is C28H29Cl2N3O4S. The molecule has 200 valence electrons. The first-order chi connectivity index (χ1) is 18.4. The molecule has 6 rings (SSSR count). The average molecular weight is 575 g/mol. The van der Waals surface area contributed by atoms with E-state index in [4.69, 9.17) is 32.5 Å². The van der Waals surface area contributed by atoms with Crippen LogP contribution in [0.25, 0.3) is 11.3 Å². The van der Waals surface area contributed by atoms with Crippen molar-refractivity contribution < 1.29 is 19.2 Å². The van der Waals surface area contributed by atoms with E-state index in [1.807, 2.05) is 24.3 Å². The standard InChI is InChI=1S/C28H29Cl2N3O4S/c29-22-2-1-3-23(30)24(22)25-21(26(37-31-25)16-4-5-16)13-36-20-10-7-18(8-11-20)28(35)14-33(15-28)19-9-6-17(12-19)27(34)32-38/h1-3,7-8,10-11,16-17,19,35,38H,4-6,9,12-15H2,(H,32,34). The lowest BCUT2D eigenvalue weighted by Gasteiger charge is -2.49. The van der Waals surface area contributed by atoms with Gasteiger partial charge in [0, 0.05) is 36.5 Å². The smallest absolute Gasteiger partial charge is 0.232 e. The Bertz CT molecular complexity index is 1320. The third-order valence-corrected chi connectivity index (χ3v) is 8.92. The summed E-state index contributed by atoms with van der Waals surface area (Å²) in [6, 6.07) is 13.3. The van der Waals surface area contributed by atoms with Gasteiger partial charge in [0.15, 0.2) is 0 Å². The van der Waals surface area contributed by atoms with Crippen molar-refractivity contribution in [3.63, 3.8) is 0 Å². The van der Waals surface area contributed by atoms with Crippen LogP contribution in [-0.4, -0.2) is 40.2 Å². The number of aromatic nitrogens is 1. The fourth-order valence-corrected chi connectivity index (χ4v) is 6.51. The van der Waals surface area contributed by atoms with Crippen molar-refractivity contribution in [1.82, 2.24) is 14.8 Å². The molecule has 1 amide bonds. The lowest BCUT2D eigenvalue weighted by Crippen LogP contribution is -2.62. The van der Waals surface area contributed by atoms with E-state index in [0.29, 0.717) is 52.1 Å². The van der Waals surface area contributed by atoms with E-state index in [0.717, 1.165) is 49.0 Å². The summed E-state index contributed by atoms with van der Waals surface area (Å²) in [4.78, 5) is 14.2. The molecule has 1 aromatic heterocycles. The van der Waals surface area contributed by atoms with Crippen LogP contribution >= 0.6 is 36.0 Å². The molecular weight excluding hydrogens is 545 g/mol. The first kappa shape index (κ1) is 26.0. The minimum atomic E-state index is -0.899. The van der Waals surface area contributed by atoms with Crippen molar-refractivity contribution in [2.24, 2.45) is 5.92 Å². The number of likely N-dealkylation sites (tertiary alicyclic amines) is 1. The highest BCUT2D eigenvalue weighted by molar-refractivity contribution is 7.78. The van der Waals surface area contributed by atoms with Gasteiger partial charge in [-0.25, -0.2) is 0 Å². The minimum Gasteiger partial charge on any atom is -0.489 e. The predicted octanol–water partition coefficient (Wildman–Crippen LogP) is 5.74. The first-order valence-electron chi connectivity index (χ1n) is 12.9. The van der Waals surface area contributed by atoms with Gasteiger partial charge in [0.05, 0.1) is 15.6 Å². The summed E-state index contributed by atoms with van der Waals surface area (Å²) in [5, 5.41) is 16.5. The summed E-state index contributed by atoms with van der Waals surface area (Å²) in [5.74, 6) is 1.85. The maximum atomic E-state index is 11.9. The number of hydrogen-bond donors (Lipinski definition) is 3. The third-order valence-electron chi connectivity index (χ3n) is 8.07. The Labute approximate surface area is 237 Å². The Morgan fingerprint density at radius 2 is 1.84 bits per heavy atom. The predicted molar refractivity (Wildman–Crippen MR) is 148 cm³/mol. The molecule has 2 aromatic carbocycles. The number of ether oxygens (including phenoxy) is 1. The maximum Gasteiger partial charge on any atom is 0.232 e. The van der Waals surface area contributed by atoms with Crippen LogP contribution in [0.15, 0.2) is 47.0 Å². The fourth-order valence-electron chi connectivity index (χ4n) is 5.75. The lowest BCUT2D eigenvalue weighted by molar-refractivity contribution is -0.126. The summed E-state index contributed by atoms with van der Waals surface area (Å²) in [6.45, 7) is 1.38. The second-order valence-electron chi connectivity index (χ2n) is 10.6. The molecule has 2 heterocycles. The molecule has 1 aliphatic heterocycles. The zero-order valence-corrected chi connectivity index (χ0v) is 23.1. The molecule has 0 radical (unpaired) electrons. The summed E-state index contributed by atoms with van der Waals surface area (Å²) in [6.07, 6.45) is 4.75. The van der Waals surface area contributed by atoms with Gasteiger partial charge >= 0.3 is 0 Å². The number of aliphatic hydroxyl groups is 1. The molecule has 3 aromatic rings. The number of hydrogen-bond acceptors (Lipinski definition) is 7. The number of carbonyl (C=O) groups is 1. The van der Waals surface area contributed by atoms with Crippen LogP contribution in [0, 0.1) is 5.92 Å². The largest absolute Gasteiger partial charge is 0.489 e. The van der Waals surface area contributed by atoms with Gasteiger partial charge in [0.2, 0.25) is 5.91 Å². The molecule has 2 saturated carbocycles. The maximum absolute atomic E-state index is 11.9. The van der Waals surface area contributed by atoms with E-state index in [1.54, 1.807) is 18.2 Å². The molecule has 1 saturated heterocycles. The molecule has 2 atom stereocenters. The fraction of sp³-hybridized carbons (Fsp3) is 0.429. The van der Waals surface area contributed by atoms with Gasteiger partial charge < -0.3 is 19.1 Å². The van der Waals surface area contributed by atoms with Crippen molar-refractivity contribution in [3.8, 4) is 17.0 Å². The quantitative estimate of drug-likeness (QED) is 0.298. The monoisotopic (exact) mass is 573 g/mol. The van der Waals surface area contributed by atoms with Crippen LogP contribution < -0.4 is 9.46 Å². The van der Waals surface area contributed by atoms with Crippen molar-refractivity contribution in [2.45, 2.75) is 56.3 Å². The minimum absolute atomic E-state index is 0.00272. The number of benzene rings is 2. The Kier molecular flexibility index (Phi) is 7.12. The first-order valence-corrected chi connectivity index (χ1v) is 14.1. The van der Waals surface area contributed by atoms with E-state index in [2.05, 4.69) is 27.6 Å². The summed E-state index contributed by atoms with van der Waals surface area (Å²) >= 11 is 16.8. The van der Waals surface area contributed by atoms with Gasteiger partial charge in [-0.2, -0.15) is 0 Å². The van der Waals surface area contributed by atoms with Crippen molar-refractivity contribution in [1.29, 1.82) is 0 Å². The number of amides is 1. The van der Waals surface area contributed by atoms with Crippen LogP contribution in [0.4, 0.5) is 0 Å². The second-order valence-corrected chi connectivity index (χ2v) is 11.7. The number of nitrogens with one attached hydrogen (secondary N) is 1. The zero-order valence-electron chi connectivity index (χ0n) is 20.7. The third kappa shape index (κ3) is 4.93. The number of thiol groups is 1. The van der Waals surface area contributed by atoms with Gasteiger partial charge in [0.25, 0.3) is 0 Å². The van der Waals surface area contributed by atoms with Crippen LogP contribution in [0.3, 0.4) is 0 Å². The SMILES string of the molecule is O=C(NS)C1CCC(N2CC(O)(c3ccc(OCc4c(-c5c(Cl)cccc5Cl)noc4C4CC4)cc3)C2)C1. The summed E-state index contributed by atoms with van der Waals surface area (Å²) in [7, 11) is 0. The lowest BCUT2D eigenvalue weighted by atomic mass is 9.84. The van der Waals surface area contributed by atoms with Gasteiger partial charge in [-0.05, 0) is 61.9 Å². The van der Waals surface area contributed by atoms with Crippen molar-refractivity contribution >= 4 is 41.9 Å². The van der Waals surface area contributed by atoms with E-state index < -0.39 is 5.60 Å². The molecule has 3 fully saturated rings. The number of halogens is 2. The molecule has 7 nitrogen and oxygen atoms in total. The molecule has 2 aliphatic carbocycles. The highest BCUT2D eigenvalue weighted by Crippen LogP contribution is 2.46. The van der Waals surface area contributed by atoms with E-state index in [9.17, 15) is 9.90 Å². The van der Waals surface area contributed by atoms with E-state index in [1.165, 1.54) is 0 Å². The van der Waals surface area contributed by atoms with E-state index in [-0.39, 0.29) is 18.4 Å². The topological polar surface area (TPSA) is 87.8 Å². The van der Waals surface area contributed by atoms with Crippen LogP contribution in [0.2, 0.25) is 10.0 Å². The number of carbonyl (C=O) groups excluding carboxylic acids is 1. The highest BCUT2D eigenvalue weighted by atomic mass is 35.5. The summed E-state index contributed by atoms with van der Waals surface area (Å²) in [5.41, 5.74) is 2.09. The Hall–Kier alpha value is -2.23. The van der Waals surface area contributed by atoms with Crippen LogP contribution in [0.1, 0.15) is 54.9 Å². The molecule has 0 bridgehead atoms.